The number of para-hydroxylation sites is 2. The van der Waals surface area contributed by atoms with Crippen LogP contribution in [0.1, 0.15) is 24.2 Å². The van der Waals surface area contributed by atoms with Crippen LogP contribution in [0, 0.1) is 13.8 Å². The molecule has 8 heteroatoms. The number of carbonyl (C=O) groups excluding carboxylic acids is 2. The van der Waals surface area contributed by atoms with Crippen LogP contribution in [-0.4, -0.2) is 34.6 Å². The molecule has 1 aromatic heterocycles. The van der Waals surface area contributed by atoms with E-state index in [1.54, 1.807) is 12.1 Å². The highest BCUT2D eigenvalue weighted by Gasteiger charge is 2.08. The van der Waals surface area contributed by atoms with E-state index >= 15 is 0 Å². The molecule has 7 nitrogen and oxygen atoms in total. The first-order valence-electron chi connectivity index (χ1n) is 9.93. The monoisotopic (exact) mass is 427 g/mol. The molecular formula is C22H26ClN5O2. The van der Waals surface area contributed by atoms with Crippen LogP contribution in [0.15, 0.2) is 42.5 Å². The molecule has 3 amide bonds. The molecule has 0 aliphatic carbocycles. The number of carbonyl (C=O) groups is 2. The number of hydrogen-bond donors (Lipinski definition) is 3. The third-order valence-corrected chi connectivity index (χ3v) is 5.04. The number of anilines is 1. The molecule has 2 aromatic carbocycles. The normalized spacial score (nSPS) is 10.8. The highest BCUT2D eigenvalue weighted by atomic mass is 35.5. The van der Waals surface area contributed by atoms with Crippen LogP contribution in [-0.2, 0) is 11.3 Å². The first kappa shape index (κ1) is 21.6. The number of rotatable bonds is 8. The largest absolute Gasteiger partial charge is 0.338 e. The van der Waals surface area contributed by atoms with Gasteiger partial charge in [-0.15, -0.1) is 0 Å². The molecule has 0 saturated heterocycles. The van der Waals surface area contributed by atoms with Gasteiger partial charge in [0.05, 0.1) is 21.7 Å². The predicted molar refractivity (Wildman–Crippen MR) is 120 cm³/mol. The quantitative estimate of drug-likeness (QED) is 0.474. The number of aryl methyl sites for hydroxylation is 3. The molecule has 0 saturated carbocycles. The Bertz CT molecular complexity index is 1050. The number of urea groups is 1. The van der Waals surface area contributed by atoms with Gasteiger partial charge >= 0.3 is 6.03 Å². The van der Waals surface area contributed by atoms with Crippen molar-refractivity contribution in [3.63, 3.8) is 0 Å². The molecule has 0 bridgehead atoms. The third-order valence-electron chi connectivity index (χ3n) is 4.73. The maximum absolute atomic E-state index is 12.0. The molecule has 0 atom stereocenters. The SMILES string of the molecule is Cc1ccc(NC(=O)CCNC(=O)NCCCn2c(C)nc3ccccc32)c(Cl)c1. The van der Waals surface area contributed by atoms with Crippen LogP contribution in [0.5, 0.6) is 0 Å². The van der Waals surface area contributed by atoms with E-state index in [0.29, 0.717) is 17.3 Å². The van der Waals surface area contributed by atoms with Crippen molar-refractivity contribution >= 4 is 40.3 Å². The van der Waals surface area contributed by atoms with Crippen LogP contribution >= 0.6 is 11.6 Å². The van der Waals surface area contributed by atoms with Gasteiger partial charge in [0.2, 0.25) is 5.91 Å². The number of benzene rings is 2. The third kappa shape index (κ3) is 5.73. The van der Waals surface area contributed by atoms with Crippen LogP contribution in [0.4, 0.5) is 10.5 Å². The molecule has 1 heterocycles. The molecule has 30 heavy (non-hydrogen) atoms. The fourth-order valence-electron chi connectivity index (χ4n) is 3.20. The summed E-state index contributed by atoms with van der Waals surface area (Å²) in [5.41, 5.74) is 3.66. The Morgan fingerprint density at radius 3 is 2.63 bits per heavy atom. The van der Waals surface area contributed by atoms with Gasteiger partial charge < -0.3 is 20.5 Å². The topological polar surface area (TPSA) is 88.0 Å². The number of fused-ring (bicyclic) bond motifs is 1. The van der Waals surface area contributed by atoms with Crippen LogP contribution in [0.2, 0.25) is 5.02 Å². The average molecular weight is 428 g/mol. The zero-order valence-electron chi connectivity index (χ0n) is 17.2. The highest BCUT2D eigenvalue weighted by Crippen LogP contribution is 2.22. The molecule has 0 aliphatic rings. The lowest BCUT2D eigenvalue weighted by atomic mass is 10.2. The molecule has 0 spiro atoms. The fourth-order valence-corrected chi connectivity index (χ4v) is 3.49. The lowest BCUT2D eigenvalue weighted by Gasteiger charge is -2.10. The minimum absolute atomic E-state index is 0.165. The minimum atomic E-state index is -0.289. The second-order valence-corrected chi connectivity index (χ2v) is 7.52. The summed E-state index contributed by atoms with van der Waals surface area (Å²) < 4.78 is 2.15. The highest BCUT2D eigenvalue weighted by molar-refractivity contribution is 6.33. The number of nitrogens with one attached hydrogen (secondary N) is 3. The van der Waals surface area contributed by atoms with E-state index in [2.05, 4.69) is 25.5 Å². The summed E-state index contributed by atoms with van der Waals surface area (Å²) in [7, 11) is 0. The molecular weight excluding hydrogens is 402 g/mol. The number of nitrogens with zero attached hydrogens (tertiary/aromatic N) is 2. The van der Waals surface area contributed by atoms with E-state index in [1.807, 2.05) is 44.2 Å². The Kier molecular flexibility index (Phi) is 7.30. The fraction of sp³-hybridized carbons (Fsp3) is 0.318. The van der Waals surface area contributed by atoms with Gasteiger partial charge in [-0.05, 0) is 50.1 Å². The van der Waals surface area contributed by atoms with Gasteiger partial charge in [-0.1, -0.05) is 29.8 Å². The van der Waals surface area contributed by atoms with Crippen LogP contribution < -0.4 is 16.0 Å². The summed E-state index contributed by atoms with van der Waals surface area (Å²) in [6.45, 7) is 5.45. The van der Waals surface area contributed by atoms with Crippen molar-refractivity contribution < 1.29 is 9.59 Å². The summed E-state index contributed by atoms with van der Waals surface area (Å²) in [6, 6.07) is 13.1. The number of halogens is 1. The van der Waals surface area contributed by atoms with E-state index in [9.17, 15) is 9.59 Å². The predicted octanol–water partition coefficient (Wildman–Crippen LogP) is 4.02. The molecule has 0 aliphatic heterocycles. The number of imidazole rings is 1. The van der Waals surface area contributed by atoms with Crippen molar-refractivity contribution in [1.82, 2.24) is 20.2 Å². The van der Waals surface area contributed by atoms with Gasteiger partial charge in [0.15, 0.2) is 0 Å². The summed E-state index contributed by atoms with van der Waals surface area (Å²) >= 11 is 6.11. The zero-order valence-corrected chi connectivity index (χ0v) is 17.9. The molecule has 0 radical (unpaired) electrons. The van der Waals surface area contributed by atoms with Crippen molar-refractivity contribution in [2.45, 2.75) is 33.2 Å². The standard InChI is InChI=1S/C22H26ClN5O2/c1-15-8-9-18(17(23)14-15)27-21(29)10-12-25-22(30)24-11-5-13-28-16(2)26-19-6-3-4-7-20(19)28/h3-4,6-9,14H,5,10-13H2,1-2H3,(H,27,29)(H2,24,25,30). The van der Waals surface area contributed by atoms with Gasteiger partial charge in [-0.2, -0.15) is 0 Å². The number of hydrogen-bond acceptors (Lipinski definition) is 3. The van der Waals surface area contributed by atoms with Crippen molar-refractivity contribution in [2.75, 3.05) is 18.4 Å². The van der Waals surface area contributed by atoms with Crippen molar-refractivity contribution in [3.8, 4) is 0 Å². The molecule has 0 fully saturated rings. The first-order chi connectivity index (χ1) is 14.4. The van der Waals surface area contributed by atoms with E-state index in [1.165, 1.54) is 0 Å². The van der Waals surface area contributed by atoms with Crippen molar-refractivity contribution in [2.24, 2.45) is 0 Å². The number of amides is 3. The summed E-state index contributed by atoms with van der Waals surface area (Å²) in [6.07, 6.45) is 0.943. The Morgan fingerprint density at radius 2 is 1.83 bits per heavy atom. The Hall–Kier alpha value is -3.06. The lowest BCUT2D eigenvalue weighted by Crippen LogP contribution is -2.37. The maximum Gasteiger partial charge on any atom is 0.314 e. The van der Waals surface area contributed by atoms with E-state index in [-0.39, 0.29) is 24.9 Å². The Labute approximate surface area is 180 Å². The van der Waals surface area contributed by atoms with E-state index in [0.717, 1.165) is 35.4 Å². The van der Waals surface area contributed by atoms with Crippen molar-refractivity contribution in [1.29, 1.82) is 0 Å². The van der Waals surface area contributed by atoms with E-state index in [4.69, 9.17) is 11.6 Å². The second-order valence-electron chi connectivity index (χ2n) is 7.12. The Balaban J connectivity index is 1.34. The van der Waals surface area contributed by atoms with Gasteiger partial charge in [0.25, 0.3) is 0 Å². The second kappa shape index (κ2) is 10.1. The van der Waals surface area contributed by atoms with Gasteiger partial charge in [-0.25, -0.2) is 9.78 Å². The van der Waals surface area contributed by atoms with Gasteiger partial charge in [0.1, 0.15) is 5.82 Å². The first-order valence-corrected chi connectivity index (χ1v) is 10.3. The maximum atomic E-state index is 12.0. The lowest BCUT2D eigenvalue weighted by molar-refractivity contribution is -0.116. The van der Waals surface area contributed by atoms with Gasteiger partial charge in [0, 0.05) is 26.1 Å². The molecule has 3 rings (SSSR count). The smallest absolute Gasteiger partial charge is 0.314 e. The van der Waals surface area contributed by atoms with Crippen LogP contribution in [0.3, 0.4) is 0 Å². The summed E-state index contributed by atoms with van der Waals surface area (Å²) in [4.78, 5) is 28.5. The Morgan fingerprint density at radius 1 is 1.07 bits per heavy atom. The van der Waals surface area contributed by atoms with Crippen LogP contribution in [0.25, 0.3) is 11.0 Å². The summed E-state index contributed by atoms with van der Waals surface area (Å²) in [5.74, 6) is 0.754. The molecule has 158 valence electrons. The summed E-state index contributed by atoms with van der Waals surface area (Å²) in [5, 5.41) is 8.75. The average Bonchev–Trinajstić information content (AvgIpc) is 3.02. The van der Waals surface area contributed by atoms with Gasteiger partial charge in [-0.3, -0.25) is 4.79 Å². The molecule has 3 N–H and O–H groups in total. The molecule has 3 aromatic rings. The molecule has 0 unspecified atom stereocenters. The van der Waals surface area contributed by atoms with E-state index < -0.39 is 0 Å². The minimum Gasteiger partial charge on any atom is -0.338 e. The number of aromatic nitrogens is 2. The van der Waals surface area contributed by atoms with Crippen molar-refractivity contribution in [3.05, 3.63) is 58.9 Å². The zero-order chi connectivity index (χ0) is 21.5.